The van der Waals surface area contributed by atoms with Crippen LogP contribution in [0, 0.1) is 0 Å². The molecule has 0 spiro atoms. The minimum atomic E-state index is 0.0597. The first-order valence-electron chi connectivity index (χ1n) is 4.52. The molecule has 1 amide bonds. The average Bonchev–Trinajstić information content (AvgIpc) is 2.59. The first-order valence-corrected chi connectivity index (χ1v) is 4.52. The number of carbonyl (C=O) groups is 2. The summed E-state index contributed by atoms with van der Waals surface area (Å²) < 4.78 is 5.09. The van der Waals surface area contributed by atoms with Crippen LogP contribution >= 0.6 is 0 Å². The molecule has 0 saturated heterocycles. The van der Waals surface area contributed by atoms with E-state index in [-0.39, 0.29) is 5.91 Å². The monoisotopic (exact) mass is 193 g/mol. The highest BCUT2D eigenvalue weighted by Crippen LogP contribution is 2.23. The highest BCUT2D eigenvalue weighted by atomic mass is 16.3. The zero-order valence-electron chi connectivity index (χ0n) is 7.95. The van der Waals surface area contributed by atoms with Crippen molar-refractivity contribution in [2.24, 2.45) is 0 Å². The summed E-state index contributed by atoms with van der Waals surface area (Å²) in [4.78, 5) is 23.4. The van der Waals surface area contributed by atoms with Gasteiger partial charge in [-0.3, -0.25) is 9.59 Å². The van der Waals surface area contributed by atoms with Crippen LogP contribution in [0.1, 0.15) is 28.6 Å². The number of rotatable bonds is 1. The lowest BCUT2D eigenvalue weighted by Crippen LogP contribution is -2.33. The van der Waals surface area contributed by atoms with Crippen LogP contribution in [0.3, 0.4) is 0 Å². The van der Waals surface area contributed by atoms with Crippen LogP contribution in [0.15, 0.2) is 10.7 Å². The summed E-state index contributed by atoms with van der Waals surface area (Å²) >= 11 is 0. The molecule has 0 bridgehead atoms. The molecule has 4 nitrogen and oxygen atoms in total. The molecule has 74 valence electrons. The van der Waals surface area contributed by atoms with Gasteiger partial charge in [-0.05, 0) is 6.42 Å². The predicted octanol–water partition coefficient (Wildman–Crippen LogP) is 0.997. The summed E-state index contributed by atoms with van der Waals surface area (Å²) in [5, 5.41) is 0. The Morgan fingerprint density at radius 1 is 1.64 bits per heavy atom. The third-order valence-electron chi connectivity index (χ3n) is 2.56. The van der Waals surface area contributed by atoms with Gasteiger partial charge in [-0.2, -0.15) is 0 Å². The maximum Gasteiger partial charge on any atom is 0.219 e. The molecule has 0 N–H and O–H groups in total. The lowest BCUT2D eigenvalue weighted by Gasteiger charge is -2.25. The van der Waals surface area contributed by atoms with Crippen molar-refractivity contribution in [1.82, 2.24) is 4.90 Å². The summed E-state index contributed by atoms with van der Waals surface area (Å²) in [5.41, 5.74) is 1.91. The standard InChI is InChI=1S/C10H11NO3/c1-7(13)11-3-2-9-8(4-11)6-14-10(9)5-12/h5-6H,2-4H2,1H3. The maximum atomic E-state index is 11.1. The van der Waals surface area contributed by atoms with Gasteiger partial charge >= 0.3 is 0 Å². The van der Waals surface area contributed by atoms with Crippen LogP contribution in [0.2, 0.25) is 0 Å². The number of carbonyl (C=O) groups excluding carboxylic acids is 2. The Kier molecular flexibility index (Phi) is 2.11. The van der Waals surface area contributed by atoms with Gasteiger partial charge in [0.1, 0.15) is 0 Å². The highest BCUT2D eigenvalue weighted by molar-refractivity contribution is 5.76. The summed E-state index contributed by atoms with van der Waals surface area (Å²) in [6.07, 6.45) is 3.00. The molecule has 1 aliphatic heterocycles. The quantitative estimate of drug-likeness (QED) is 0.625. The SMILES string of the molecule is CC(=O)N1CCc2c(coc2C=O)C1. The fraction of sp³-hybridized carbons (Fsp3) is 0.400. The zero-order valence-corrected chi connectivity index (χ0v) is 7.95. The Balaban J connectivity index is 2.28. The number of fused-ring (bicyclic) bond motifs is 1. The molecule has 2 heterocycles. The third kappa shape index (κ3) is 1.32. The van der Waals surface area contributed by atoms with E-state index in [1.807, 2.05) is 0 Å². The summed E-state index contributed by atoms with van der Waals surface area (Å²) in [6, 6.07) is 0. The molecule has 14 heavy (non-hydrogen) atoms. The van der Waals surface area contributed by atoms with Crippen LogP contribution in [-0.2, 0) is 17.8 Å². The van der Waals surface area contributed by atoms with Crippen LogP contribution in [0.4, 0.5) is 0 Å². The molecule has 0 aromatic carbocycles. The van der Waals surface area contributed by atoms with Gasteiger partial charge in [0.2, 0.25) is 5.91 Å². The van der Waals surface area contributed by atoms with E-state index in [1.54, 1.807) is 18.1 Å². The van der Waals surface area contributed by atoms with E-state index in [9.17, 15) is 9.59 Å². The topological polar surface area (TPSA) is 50.5 Å². The number of hydrogen-bond acceptors (Lipinski definition) is 3. The molecule has 4 heteroatoms. The minimum absolute atomic E-state index is 0.0597. The molecule has 0 fully saturated rings. The number of aldehydes is 1. The first-order chi connectivity index (χ1) is 6.72. The van der Waals surface area contributed by atoms with Crippen molar-refractivity contribution in [3.8, 4) is 0 Å². The van der Waals surface area contributed by atoms with Gasteiger partial charge in [0, 0.05) is 31.1 Å². The molecule has 0 radical (unpaired) electrons. The van der Waals surface area contributed by atoms with Gasteiger partial charge in [0.05, 0.1) is 6.26 Å². The molecule has 1 aromatic heterocycles. The van der Waals surface area contributed by atoms with E-state index in [2.05, 4.69) is 0 Å². The lowest BCUT2D eigenvalue weighted by atomic mass is 10.0. The number of nitrogens with zero attached hydrogens (tertiary/aromatic N) is 1. The molecule has 2 rings (SSSR count). The Bertz CT molecular complexity index is 381. The molecule has 1 aliphatic rings. The normalized spacial score (nSPS) is 15.1. The van der Waals surface area contributed by atoms with Crippen molar-refractivity contribution < 1.29 is 14.0 Å². The van der Waals surface area contributed by atoms with E-state index in [0.29, 0.717) is 25.3 Å². The maximum absolute atomic E-state index is 11.1. The fourth-order valence-electron chi connectivity index (χ4n) is 1.75. The van der Waals surface area contributed by atoms with Crippen LogP contribution in [0.5, 0.6) is 0 Å². The van der Waals surface area contributed by atoms with Gasteiger partial charge in [-0.15, -0.1) is 0 Å². The molecule has 1 aromatic rings. The Morgan fingerprint density at radius 3 is 3.07 bits per heavy atom. The van der Waals surface area contributed by atoms with Gasteiger partial charge in [0.25, 0.3) is 0 Å². The van der Waals surface area contributed by atoms with Crippen molar-refractivity contribution in [2.75, 3.05) is 6.54 Å². The van der Waals surface area contributed by atoms with Crippen molar-refractivity contribution >= 4 is 12.2 Å². The number of hydrogen-bond donors (Lipinski definition) is 0. The fourth-order valence-corrected chi connectivity index (χ4v) is 1.75. The molecule has 0 aliphatic carbocycles. The Morgan fingerprint density at radius 2 is 2.43 bits per heavy atom. The molecule has 0 atom stereocenters. The van der Waals surface area contributed by atoms with Crippen molar-refractivity contribution in [3.63, 3.8) is 0 Å². The lowest BCUT2D eigenvalue weighted by molar-refractivity contribution is -0.129. The van der Waals surface area contributed by atoms with Crippen LogP contribution < -0.4 is 0 Å². The Hall–Kier alpha value is -1.58. The number of furan rings is 1. The zero-order chi connectivity index (χ0) is 10.1. The van der Waals surface area contributed by atoms with Gasteiger partial charge in [0.15, 0.2) is 12.0 Å². The Labute approximate surface area is 81.5 Å². The summed E-state index contributed by atoms with van der Waals surface area (Å²) in [7, 11) is 0. The van der Waals surface area contributed by atoms with Gasteiger partial charge in [-0.1, -0.05) is 0 Å². The highest BCUT2D eigenvalue weighted by Gasteiger charge is 2.22. The van der Waals surface area contributed by atoms with Crippen LogP contribution in [-0.4, -0.2) is 23.6 Å². The first kappa shape index (κ1) is 8.99. The summed E-state index contributed by atoms with van der Waals surface area (Å²) in [5.74, 6) is 0.465. The smallest absolute Gasteiger partial charge is 0.219 e. The van der Waals surface area contributed by atoms with E-state index < -0.39 is 0 Å². The van der Waals surface area contributed by atoms with Crippen LogP contribution in [0.25, 0.3) is 0 Å². The molecular formula is C10H11NO3. The van der Waals surface area contributed by atoms with Crippen molar-refractivity contribution in [1.29, 1.82) is 0 Å². The number of amides is 1. The van der Waals surface area contributed by atoms with E-state index in [1.165, 1.54) is 0 Å². The van der Waals surface area contributed by atoms with E-state index in [4.69, 9.17) is 4.42 Å². The van der Waals surface area contributed by atoms with Crippen molar-refractivity contribution in [2.45, 2.75) is 19.9 Å². The third-order valence-corrected chi connectivity index (χ3v) is 2.56. The van der Waals surface area contributed by atoms with Gasteiger partial charge < -0.3 is 9.32 Å². The minimum Gasteiger partial charge on any atom is -0.461 e. The largest absolute Gasteiger partial charge is 0.461 e. The van der Waals surface area contributed by atoms with E-state index in [0.717, 1.165) is 17.4 Å². The second-order valence-corrected chi connectivity index (χ2v) is 3.41. The van der Waals surface area contributed by atoms with E-state index >= 15 is 0 Å². The van der Waals surface area contributed by atoms with Crippen molar-refractivity contribution in [3.05, 3.63) is 23.2 Å². The predicted molar refractivity (Wildman–Crippen MR) is 48.9 cm³/mol. The summed E-state index contributed by atoms with van der Waals surface area (Å²) in [6.45, 7) is 2.77. The van der Waals surface area contributed by atoms with Gasteiger partial charge in [-0.25, -0.2) is 0 Å². The average molecular weight is 193 g/mol. The molecular weight excluding hydrogens is 182 g/mol. The molecule has 0 saturated carbocycles. The second-order valence-electron chi connectivity index (χ2n) is 3.41. The molecule has 0 unspecified atom stereocenters. The second kappa shape index (κ2) is 3.29.